The van der Waals surface area contributed by atoms with E-state index in [1.54, 1.807) is 26.4 Å². The van der Waals surface area contributed by atoms with Crippen LogP contribution < -0.4 is 4.74 Å². The Hall–Kier alpha value is -2.96. The first kappa shape index (κ1) is 16.9. The molecule has 1 fully saturated rings. The fourth-order valence-electron chi connectivity index (χ4n) is 2.98. The highest BCUT2D eigenvalue weighted by Crippen LogP contribution is 2.22. The highest BCUT2D eigenvalue weighted by molar-refractivity contribution is 6.31. The zero-order valence-corrected chi connectivity index (χ0v) is 14.5. The summed E-state index contributed by atoms with van der Waals surface area (Å²) in [5.74, 6) is 0.312. The summed E-state index contributed by atoms with van der Waals surface area (Å²) in [4.78, 5) is 35.9. The lowest BCUT2D eigenvalue weighted by atomic mass is 9.95. The number of amides is 3. The largest absolute Gasteiger partial charge is 0.496 e. The Bertz CT molecular complexity index is 797. The lowest BCUT2D eigenvalue weighted by molar-refractivity contribution is -0.128. The van der Waals surface area contributed by atoms with Gasteiger partial charge < -0.3 is 4.74 Å². The van der Waals surface area contributed by atoms with Crippen LogP contribution in [0.15, 0.2) is 46.5 Å². The highest BCUT2D eigenvalue weighted by Gasteiger charge is 2.43. The first-order valence-electron chi connectivity index (χ1n) is 8.00. The SMILES string of the molecule is COc1ccccc1CCN=C1C=CN=C2C1C(=O)N(C)C(=O)N2C. The van der Waals surface area contributed by atoms with Crippen molar-refractivity contribution in [2.45, 2.75) is 6.42 Å². The number of benzene rings is 1. The highest BCUT2D eigenvalue weighted by atomic mass is 16.5. The average molecular weight is 340 g/mol. The topological polar surface area (TPSA) is 74.6 Å². The number of carbonyl (C=O) groups excluding carboxylic acids is 2. The monoisotopic (exact) mass is 340 g/mol. The van der Waals surface area contributed by atoms with Gasteiger partial charge in [-0.2, -0.15) is 0 Å². The summed E-state index contributed by atoms with van der Waals surface area (Å²) in [6.07, 6.45) is 4.00. The second kappa shape index (κ2) is 6.88. The van der Waals surface area contributed by atoms with Crippen LogP contribution in [-0.2, 0) is 11.2 Å². The van der Waals surface area contributed by atoms with E-state index >= 15 is 0 Å². The summed E-state index contributed by atoms with van der Waals surface area (Å²) in [6, 6.07) is 7.40. The first-order chi connectivity index (χ1) is 12.0. The minimum atomic E-state index is -0.629. The molecule has 0 bridgehead atoms. The van der Waals surface area contributed by atoms with Gasteiger partial charge in [0.1, 0.15) is 17.5 Å². The third-order valence-electron chi connectivity index (χ3n) is 4.37. The molecular weight excluding hydrogens is 320 g/mol. The third-order valence-corrected chi connectivity index (χ3v) is 4.37. The van der Waals surface area contributed by atoms with Gasteiger partial charge in [-0.3, -0.25) is 19.6 Å². The van der Waals surface area contributed by atoms with E-state index < -0.39 is 5.92 Å². The lowest BCUT2D eigenvalue weighted by Crippen LogP contribution is -2.59. The van der Waals surface area contributed by atoms with Crippen molar-refractivity contribution in [1.29, 1.82) is 0 Å². The summed E-state index contributed by atoms with van der Waals surface area (Å²) >= 11 is 0. The number of allylic oxidation sites excluding steroid dienone is 1. The Balaban J connectivity index is 1.79. The zero-order chi connectivity index (χ0) is 18.0. The molecule has 1 aromatic carbocycles. The van der Waals surface area contributed by atoms with Crippen molar-refractivity contribution >= 4 is 23.5 Å². The standard InChI is InChI=1S/C18H20N4O3/c1-21-16-15(17(23)22(2)18(21)24)13(9-11-20-16)19-10-8-12-6-4-5-7-14(12)25-3/h4-7,9,11,15H,8,10H2,1-3H3. The fourth-order valence-corrected chi connectivity index (χ4v) is 2.98. The van der Waals surface area contributed by atoms with Crippen LogP contribution in [0.5, 0.6) is 5.75 Å². The number of methoxy groups -OCH3 is 1. The molecule has 130 valence electrons. The summed E-state index contributed by atoms with van der Waals surface area (Å²) < 4.78 is 5.34. The van der Waals surface area contributed by atoms with E-state index in [2.05, 4.69) is 9.98 Å². The summed E-state index contributed by atoms with van der Waals surface area (Å²) in [5, 5.41) is 0. The van der Waals surface area contributed by atoms with Gasteiger partial charge in [-0.1, -0.05) is 18.2 Å². The molecule has 0 saturated carbocycles. The van der Waals surface area contributed by atoms with E-state index in [0.29, 0.717) is 24.5 Å². The van der Waals surface area contributed by atoms with Crippen LogP contribution in [0.1, 0.15) is 5.56 Å². The van der Waals surface area contributed by atoms with Crippen LogP contribution in [0.2, 0.25) is 0 Å². The molecular formula is C18H20N4O3. The molecule has 7 nitrogen and oxygen atoms in total. The predicted octanol–water partition coefficient (Wildman–Crippen LogP) is 1.74. The Morgan fingerprint density at radius 2 is 1.96 bits per heavy atom. The second-order valence-corrected chi connectivity index (χ2v) is 5.84. The molecule has 0 spiro atoms. The molecule has 0 aliphatic carbocycles. The van der Waals surface area contributed by atoms with Gasteiger partial charge in [0, 0.05) is 26.8 Å². The minimum Gasteiger partial charge on any atom is -0.496 e. The van der Waals surface area contributed by atoms with E-state index in [9.17, 15) is 9.59 Å². The molecule has 25 heavy (non-hydrogen) atoms. The number of hydrogen-bond acceptors (Lipinski definition) is 5. The Kier molecular flexibility index (Phi) is 4.65. The van der Waals surface area contributed by atoms with Gasteiger partial charge >= 0.3 is 6.03 Å². The predicted molar refractivity (Wildman–Crippen MR) is 95.0 cm³/mol. The molecule has 7 heteroatoms. The van der Waals surface area contributed by atoms with Gasteiger partial charge in [-0.25, -0.2) is 9.79 Å². The number of aliphatic imine (C=N–C) groups is 2. The van der Waals surface area contributed by atoms with Crippen molar-refractivity contribution in [3.8, 4) is 5.75 Å². The van der Waals surface area contributed by atoms with Gasteiger partial charge in [0.2, 0.25) is 5.91 Å². The van der Waals surface area contributed by atoms with E-state index in [1.807, 2.05) is 24.3 Å². The van der Waals surface area contributed by atoms with Crippen LogP contribution in [-0.4, -0.2) is 61.0 Å². The van der Waals surface area contributed by atoms with Gasteiger partial charge in [-0.15, -0.1) is 0 Å². The Morgan fingerprint density at radius 3 is 2.72 bits per heavy atom. The van der Waals surface area contributed by atoms with Crippen molar-refractivity contribution in [2.75, 3.05) is 27.7 Å². The maximum absolute atomic E-state index is 12.5. The maximum Gasteiger partial charge on any atom is 0.331 e. The molecule has 2 heterocycles. The van der Waals surface area contributed by atoms with Gasteiger partial charge in [0.05, 0.1) is 12.8 Å². The zero-order valence-electron chi connectivity index (χ0n) is 14.5. The summed E-state index contributed by atoms with van der Waals surface area (Å²) in [6.45, 7) is 0.512. The van der Waals surface area contributed by atoms with E-state index in [1.165, 1.54) is 11.9 Å². The van der Waals surface area contributed by atoms with Crippen LogP contribution in [0, 0.1) is 5.92 Å². The molecule has 1 unspecified atom stereocenters. The number of fused-ring (bicyclic) bond motifs is 1. The molecule has 2 aliphatic heterocycles. The number of hydrogen-bond donors (Lipinski definition) is 0. The Labute approximate surface area is 146 Å². The van der Waals surface area contributed by atoms with Crippen molar-refractivity contribution in [1.82, 2.24) is 9.80 Å². The fraction of sp³-hybridized carbons (Fsp3) is 0.333. The molecule has 2 aliphatic rings. The number of carbonyl (C=O) groups is 2. The number of para-hydroxylation sites is 1. The summed E-state index contributed by atoms with van der Waals surface area (Å²) in [7, 11) is 4.73. The third kappa shape index (κ3) is 3.05. The number of ether oxygens (including phenoxy) is 1. The Morgan fingerprint density at radius 1 is 1.20 bits per heavy atom. The van der Waals surface area contributed by atoms with Crippen molar-refractivity contribution in [3.05, 3.63) is 42.1 Å². The second-order valence-electron chi connectivity index (χ2n) is 5.84. The number of urea groups is 1. The lowest BCUT2D eigenvalue weighted by Gasteiger charge is -2.36. The van der Waals surface area contributed by atoms with Crippen LogP contribution in [0.25, 0.3) is 0 Å². The number of rotatable bonds is 4. The average Bonchev–Trinajstić information content (AvgIpc) is 2.64. The molecule has 0 N–H and O–H groups in total. The number of nitrogens with zero attached hydrogens (tertiary/aromatic N) is 4. The number of imide groups is 1. The number of amidine groups is 1. The molecule has 1 atom stereocenters. The van der Waals surface area contributed by atoms with Crippen molar-refractivity contribution < 1.29 is 14.3 Å². The van der Waals surface area contributed by atoms with Gasteiger partial charge in [-0.05, 0) is 24.1 Å². The van der Waals surface area contributed by atoms with Crippen LogP contribution >= 0.6 is 0 Å². The molecule has 3 amide bonds. The van der Waals surface area contributed by atoms with Gasteiger partial charge in [0.25, 0.3) is 0 Å². The first-order valence-corrected chi connectivity index (χ1v) is 8.00. The smallest absolute Gasteiger partial charge is 0.331 e. The van der Waals surface area contributed by atoms with Crippen molar-refractivity contribution in [2.24, 2.45) is 15.9 Å². The van der Waals surface area contributed by atoms with Crippen LogP contribution in [0.3, 0.4) is 0 Å². The van der Waals surface area contributed by atoms with Gasteiger partial charge in [0.15, 0.2) is 0 Å². The molecule has 1 saturated heterocycles. The maximum atomic E-state index is 12.5. The quantitative estimate of drug-likeness (QED) is 0.838. The molecule has 3 rings (SSSR count). The van der Waals surface area contributed by atoms with E-state index in [0.717, 1.165) is 16.2 Å². The van der Waals surface area contributed by atoms with Crippen molar-refractivity contribution in [3.63, 3.8) is 0 Å². The van der Waals surface area contributed by atoms with E-state index in [4.69, 9.17) is 4.74 Å². The molecule has 0 radical (unpaired) electrons. The van der Waals surface area contributed by atoms with Crippen LogP contribution in [0.4, 0.5) is 4.79 Å². The molecule has 0 aromatic heterocycles. The normalized spacial score (nSPS) is 21.5. The minimum absolute atomic E-state index is 0.303. The summed E-state index contributed by atoms with van der Waals surface area (Å²) in [5.41, 5.74) is 1.68. The van der Waals surface area contributed by atoms with E-state index in [-0.39, 0.29) is 11.9 Å². The molecule has 1 aromatic rings.